The van der Waals surface area contributed by atoms with E-state index in [9.17, 15) is 12.8 Å². The first-order valence-electron chi connectivity index (χ1n) is 5.49. The molecule has 0 aliphatic heterocycles. The molecule has 2 rings (SSSR count). The highest BCUT2D eigenvalue weighted by atomic mass is 35.5. The van der Waals surface area contributed by atoms with Crippen LogP contribution in [-0.4, -0.2) is 14.0 Å². The minimum Gasteiger partial charge on any atom is -0.326 e. The van der Waals surface area contributed by atoms with E-state index in [1.807, 2.05) is 0 Å². The molecule has 0 heterocycles. The monoisotopic (exact) mass is 292 g/mol. The lowest BCUT2D eigenvalue weighted by atomic mass is 10.2. The zero-order valence-corrected chi connectivity index (χ0v) is 11.4. The van der Waals surface area contributed by atoms with Crippen LogP contribution in [0.5, 0.6) is 0 Å². The molecule has 0 spiro atoms. The molecule has 1 aliphatic carbocycles. The van der Waals surface area contributed by atoms with Gasteiger partial charge in [0.15, 0.2) is 0 Å². The largest absolute Gasteiger partial charge is 0.326 e. The molecule has 100 valence electrons. The van der Waals surface area contributed by atoms with Crippen molar-refractivity contribution in [3.8, 4) is 0 Å². The highest BCUT2D eigenvalue weighted by Gasteiger charge is 2.42. The Morgan fingerprint density at radius 1 is 1.50 bits per heavy atom. The van der Waals surface area contributed by atoms with E-state index >= 15 is 0 Å². The van der Waals surface area contributed by atoms with E-state index in [1.165, 1.54) is 6.07 Å². The van der Waals surface area contributed by atoms with Crippen LogP contribution in [0.15, 0.2) is 17.0 Å². The van der Waals surface area contributed by atoms with E-state index in [1.54, 1.807) is 6.92 Å². The fourth-order valence-electron chi connectivity index (χ4n) is 1.63. The van der Waals surface area contributed by atoms with Crippen molar-refractivity contribution in [1.82, 2.24) is 4.72 Å². The number of sulfonamides is 1. The zero-order valence-electron chi connectivity index (χ0n) is 9.83. The first kappa shape index (κ1) is 13.7. The van der Waals surface area contributed by atoms with Gasteiger partial charge in [-0.25, -0.2) is 17.5 Å². The maximum Gasteiger partial charge on any atom is 0.244 e. The smallest absolute Gasteiger partial charge is 0.244 e. The number of rotatable bonds is 4. The molecular weight excluding hydrogens is 279 g/mol. The molecule has 0 radical (unpaired) electrons. The number of nitrogens with one attached hydrogen (secondary N) is 1. The SMILES string of the molecule is CC1(NS(=O)(=O)c2cc(Cl)cc(CN)c2F)CC1. The molecule has 0 saturated heterocycles. The Hall–Kier alpha value is -0.690. The van der Waals surface area contributed by atoms with Crippen molar-refractivity contribution in [2.45, 2.75) is 36.7 Å². The molecule has 18 heavy (non-hydrogen) atoms. The summed E-state index contributed by atoms with van der Waals surface area (Å²) in [6, 6.07) is 2.43. The van der Waals surface area contributed by atoms with Gasteiger partial charge in [0.25, 0.3) is 0 Å². The molecule has 1 saturated carbocycles. The fourth-order valence-corrected chi connectivity index (χ4v) is 3.55. The normalized spacial score (nSPS) is 17.8. The third-order valence-corrected chi connectivity index (χ3v) is 4.83. The molecular formula is C11H14ClFN2O2S. The third kappa shape index (κ3) is 2.66. The lowest BCUT2D eigenvalue weighted by Crippen LogP contribution is -2.34. The second-order valence-electron chi connectivity index (χ2n) is 4.75. The topological polar surface area (TPSA) is 72.2 Å². The number of halogens is 2. The van der Waals surface area contributed by atoms with E-state index in [2.05, 4.69) is 4.72 Å². The second kappa shape index (κ2) is 4.45. The average molecular weight is 293 g/mol. The van der Waals surface area contributed by atoms with Gasteiger partial charge in [0.2, 0.25) is 10.0 Å². The van der Waals surface area contributed by atoms with E-state index in [0.29, 0.717) is 0 Å². The first-order chi connectivity index (χ1) is 8.27. The van der Waals surface area contributed by atoms with Crippen LogP contribution in [0.1, 0.15) is 25.3 Å². The molecule has 0 bridgehead atoms. The molecule has 1 fully saturated rings. The molecule has 0 aromatic heterocycles. The Labute approximate surface area is 110 Å². The van der Waals surface area contributed by atoms with Crippen molar-refractivity contribution in [2.24, 2.45) is 5.73 Å². The van der Waals surface area contributed by atoms with E-state index in [4.69, 9.17) is 17.3 Å². The van der Waals surface area contributed by atoms with Crippen LogP contribution < -0.4 is 10.5 Å². The molecule has 0 atom stereocenters. The van der Waals surface area contributed by atoms with Gasteiger partial charge in [-0.15, -0.1) is 0 Å². The summed E-state index contributed by atoms with van der Waals surface area (Å²) in [6.45, 7) is 1.67. The molecule has 4 nitrogen and oxygen atoms in total. The van der Waals surface area contributed by atoms with Crippen molar-refractivity contribution in [3.63, 3.8) is 0 Å². The molecule has 0 amide bonds. The van der Waals surface area contributed by atoms with Gasteiger partial charge in [0.1, 0.15) is 10.7 Å². The Morgan fingerprint density at radius 2 is 2.11 bits per heavy atom. The van der Waals surface area contributed by atoms with Gasteiger partial charge in [0, 0.05) is 22.7 Å². The standard InChI is InChI=1S/C11H14ClFN2O2S/c1-11(2-3-11)15-18(16,17)9-5-8(12)4-7(6-14)10(9)13/h4-5,15H,2-3,6,14H2,1H3. The van der Waals surface area contributed by atoms with Gasteiger partial charge in [-0.2, -0.15) is 0 Å². The van der Waals surface area contributed by atoms with Crippen LogP contribution in [-0.2, 0) is 16.6 Å². The lowest BCUT2D eigenvalue weighted by molar-refractivity contribution is 0.536. The minimum absolute atomic E-state index is 0.0869. The van der Waals surface area contributed by atoms with Crippen LogP contribution in [0.4, 0.5) is 4.39 Å². The molecule has 3 N–H and O–H groups in total. The zero-order chi connectivity index (χ0) is 13.6. The predicted molar refractivity (Wildman–Crippen MR) is 67.3 cm³/mol. The number of benzene rings is 1. The molecule has 1 aromatic rings. The van der Waals surface area contributed by atoms with Crippen LogP contribution >= 0.6 is 11.6 Å². The summed E-state index contributed by atoms with van der Waals surface area (Å²) < 4.78 is 40.6. The summed E-state index contributed by atoms with van der Waals surface area (Å²) in [4.78, 5) is -0.441. The predicted octanol–water partition coefficient (Wildman–Crippen LogP) is 1.77. The fraction of sp³-hybridized carbons (Fsp3) is 0.455. The maximum atomic E-state index is 14.0. The van der Waals surface area contributed by atoms with Crippen LogP contribution in [0.2, 0.25) is 5.02 Å². The van der Waals surface area contributed by atoms with Gasteiger partial charge in [0.05, 0.1) is 0 Å². The van der Waals surface area contributed by atoms with E-state index < -0.39 is 26.3 Å². The highest BCUT2D eigenvalue weighted by Crippen LogP contribution is 2.36. The van der Waals surface area contributed by atoms with E-state index in [-0.39, 0.29) is 17.1 Å². The average Bonchev–Trinajstić information content (AvgIpc) is 2.97. The summed E-state index contributed by atoms with van der Waals surface area (Å²) in [5.74, 6) is -0.835. The Balaban J connectivity index is 2.46. The first-order valence-corrected chi connectivity index (χ1v) is 7.35. The summed E-state index contributed by atoms with van der Waals surface area (Å²) in [5.41, 5.74) is 4.98. The number of hydrogen-bond acceptors (Lipinski definition) is 3. The highest BCUT2D eigenvalue weighted by molar-refractivity contribution is 7.89. The Morgan fingerprint density at radius 3 is 2.61 bits per heavy atom. The summed E-state index contributed by atoms with van der Waals surface area (Å²) >= 11 is 5.78. The lowest BCUT2D eigenvalue weighted by Gasteiger charge is -2.14. The van der Waals surface area contributed by atoms with Crippen LogP contribution in [0.3, 0.4) is 0 Å². The summed E-state index contributed by atoms with van der Waals surface area (Å²) in [6.07, 6.45) is 1.50. The minimum atomic E-state index is -3.91. The maximum absolute atomic E-state index is 14.0. The summed E-state index contributed by atoms with van der Waals surface area (Å²) in [5, 5.41) is 0.151. The third-order valence-electron chi connectivity index (χ3n) is 2.97. The van der Waals surface area contributed by atoms with Gasteiger partial charge >= 0.3 is 0 Å². The van der Waals surface area contributed by atoms with Gasteiger partial charge in [-0.3, -0.25) is 0 Å². The van der Waals surface area contributed by atoms with E-state index in [0.717, 1.165) is 18.9 Å². The molecule has 1 aliphatic rings. The molecule has 0 unspecified atom stereocenters. The van der Waals surface area contributed by atoms with Crippen LogP contribution in [0, 0.1) is 5.82 Å². The van der Waals surface area contributed by atoms with Crippen molar-refractivity contribution in [1.29, 1.82) is 0 Å². The summed E-state index contributed by atoms with van der Waals surface area (Å²) in [7, 11) is -3.91. The Bertz CT molecular complexity index is 585. The van der Waals surface area contributed by atoms with Gasteiger partial charge in [-0.05, 0) is 31.9 Å². The van der Waals surface area contributed by atoms with Crippen molar-refractivity contribution >= 4 is 21.6 Å². The van der Waals surface area contributed by atoms with Crippen LogP contribution in [0.25, 0.3) is 0 Å². The Kier molecular flexibility index (Phi) is 3.40. The second-order valence-corrected chi connectivity index (χ2v) is 6.83. The molecule has 7 heteroatoms. The van der Waals surface area contributed by atoms with Gasteiger partial charge < -0.3 is 5.73 Å². The number of hydrogen-bond donors (Lipinski definition) is 2. The number of nitrogens with two attached hydrogens (primary N) is 1. The van der Waals surface area contributed by atoms with Crippen molar-refractivity contribution in [2.75, 3.05) is 0 Å². The van der Waals surface area contributed by atoms with Crippen molar-refractivity contribution < 1.29 is 12.8 Å². The van der Waals surface area contributed by atoms with Gasteiger partial charge in [-0.1, -0.05) is 11.6 Å². The van der Waals surface area contributed by atoms with Crippen molar-refractivity contribution in [3.05, 3.63) is 28.5 Å². The quantitative estimate of drug-likeness (QED) is 0.888. The molecule has 1 aromatic carbocycles.